The molecule has 1 aromatic carbocycles. The smallest absolute Gasteiger partial charge is 0.206 e. The van der Waals surface area contributed by atoms with E-state index in [1.807, 2.05) is 40.5 Å². The van der Waals surface area contributed by atoms with Crippen LogP contribution in [0.25, 0.3) is 11.3 Å². The Morgan fingerprint density at radius 3 is 2.70 bits per heavy atom. The summed E-state index contributed by atoms with van der Waals surface area (Å²) in [5, 5.41) is 8.75. The fourth-order valence-electron chi connectivity index (χ4n) is 1.96. The standard InChI is InChI=1S/C17H14BrN3S2/c1-2-9-19-17-21(20-11-15-4-3-10-22-15)16(12-23-17)13-5-7-14(18)8-6-13/h2-8,10-12H,1,9H2. The molecule has 0 atom stereocenters. The predicted octanol–water partition coefficient (Wildman–Crippen LogP) is 5.01. The molecule has 0 aliphatic rings. The molecule has 0 amide bonds. The number of rotatable bonds is 5. The zero-order valence-electron chi connectivity index (χ0n) is 12.2. The zero-order valence-corrected chi connectivity index (χ0v) is 15.4. The maximum atomic E-state index is 4.63. The second-order valence-corrected chi connectivity index (χ2v) is 7.34. The van der Waals surface area contributed by atoms with Gasteiger partial charge in [0.15, 0.2) is 0 Å². The van der Waals surface area contributed by atoms with E-state index in [1.54, 1.807) is 28.7 Å². The van der Waals surface area contributed by atoms with Crippen molar-refractivity contribution in [2.75, 3.05) is 6.54 Å². The average molecular weight is 404 g/mol. The molecule has 0 saturated heterocycles. The first kappa shape index (κ1) is 16.1. The second kappa shape index (κ2) is 7.68. The molecule has 0 saturated carbocycles. The molecular weight excluding hydrogens is 390 g/mol. The Morgan fingerprint density at radius 1 is 1.17 bits per heavy atom. The van der Waals surface area contributed by atoms with Crippen molar-refractivity contribution in [3.8, 4) is 11.3 Å². The monoisotopic (exact) mass is 403 g/mol. The maximum Gasteiger partial charge on any atom is 0.206 e. The number of aromatic nitrogens is 1. The molecule has 2 aromatic heterocycles. The number of hydrogen-bond donors (Lipinski definition) is 0. The van der Waals surface area contributed by atoms with Crippen LogP contribution in [0.2, 0.25) is 0 Å². The van der Waals surface area contributed by atoms with Crippen LogP contribution in [0.3, 0.4) is 0 Å². The van der Waals surface area contributed by atoms with Gasteiger partial charge in [-0.3, -0.25) is 4.99 Å². The van der Waals surface area contributed by atoms with E-state index in [0.717, 1.165) is 25.4 Å². The molecule has 0 aliphatic heterocycles. The van der Waals surface area contributed by atoms with Crippen molar-refractivity contribution in [2.24, 2.45) is 10.1 Å². The third-order valence-electron chi connectivity index (χ3n) is 3.02. The summed E-state index contributed by atoms with van der Waals surface area (Å²) in [5.41, 5.74) is 2.13. The Hall–Kier alpha value is -1.76. The Morgan fingerprint density at radius 2 is 2.00 bits per heavy atom. The van der Waals surface area contributed by atoms with Crippen LogP contribution in [0.5, 0.6) is 0 Å². The number of benzene rings is 1. The van der Waals surface area contributed by atoms with Gasteiger partial charge in [-0.15, -0.1) is 29.3 Å². The topological polar surface area (TPSA) is 29.6 Å². The van der Waals surface area contributed by atoms with Gasteiger partial charge >= 0.3 is 0 Å². The molecule has 0 fully saturated rings. The van der Waals surface area contributed by atoms with Gasteiger partial charge < -0.3 is 0 Å². The number of hydrogen-bond acceptors (Lipinski definition) is 4. The Labute approximate surface area is 151 Å². The van der Waals surface area contributed by atoms with E-state index >= 15 is 0 Å². The fourth-order valence-corrected chi connectivity index (χ4v) is 3.65. The molecule has 0 aliphatic carbocycles. The van der Waals surface area contributed by atoms with Gasteiger partial charge in [0, 0.05) is 20.3 Å². The van der Waals surface area contributed by atoms with Crippen molar-refractivity contribution in [2.45, 2.75) is 0 Å². The molecule has 3 nitrogen and oxygen atoms in total. The van der Waals surface area contributed by atoms with Crippen molar-refractivity contribution in [3.63, 3.8) is 0 Å². The van der Waals surface area contributed by atoms with Gasteiger partial charge in [-0.05, 0) is 23.6 Å². The lowest BCUT2D eigenvalue weighted by molar-refractivity contribution is 0.841. The Bertz CT molecular complexity index is 871. The summed E-state index contributed by atoms with van der Waals surface area (Å²) in [4.78, 5) is 6.50. The van der Waals surface area contributed by atoms with Crippen LogP contribution in [0.1, 0.15) is 4.88 Å². The van der Waals surface area contributed by atoms with E-state index in [1.165, 1.54) is 0 Å². The van der Waals surface area contributed by atoms with Crippen molar-refractivity contribution in [1.82, 2.24) is 4.68 Å². The molecular formula is C17H14BrN3S2. The van der Waals surface area contributed by atoms with E-state index < -0.39 is 0 Å². The molecule has 23 heavy (non-hydrogen) atoms. The molecule has 0 unspecified atom stereocenters. The lowest BCUT2D eigenvalue weighted by Crippen LogP contribution is -2.12. The van der Waals surface area contributed by atoms with Gasteiger partial charge in [-0.1, -0.05) is 40.2 Å². The Kier molecular flexibility index (Phi) is 5.38. The molecule has 2 heterocycles. The van der Waals surface area contributed by atoms with Crippen LogP contribution < -0.4 is 4.80 Å². The van der Waals surface area contributed by atoms with Crippen molar-refractivity contribution >= 4 is 44.8 Å². The van der Waals surface area contributed by atoms with Crippen LogP contribution in [-0.2, 0) is 0 Å². The third kappa shape index (κ3) is 3.96. The molecule has 116 valence electrons. The van der Waals surface area contributed by atoms with E-state index in [-0.39, 0.29) is 0 Å². The predicted molar refractivity (Wildman–Crippen MR) is 103 cm³/mol. The minimum absolute atomic E-state index is 0.578. The number of thiazole rings is 1. The van der Waals surface area contributed by atoms with E-state index in [2.05, 4.69) is 50.1 Å². The van der Waals surface area contributed by atoms with E-state index in [0.29, 0.717) is 6.54 Å². The van der Waals surface area contributed by atoms with Gasteiger partial charge in [0.2, 0.25) is 4.80 Å². The molecule has 3 rings (SSSR count). The lowest BCUT2D eigenvalue weighted by Gasteiger charge is -2.03. The van der Waals surface area contributed by atoms with Crippen LogP contribution in [-0.4, -0.2) is 17.4 Å². The van der Waals surface area contributed by atoms with Crippen LogP contribution >= 0.6 is 38.6 Å². The summed E-state index contributed by atoms with van der Waals surface area (Å²) >= 11 is 6.71. The summed E-state index contributed by atoms with van der Waals surface area (Å²) in [6.07, 6.45) is 3.65. The Balaban J connectivity index is 2.07. The van der Waals surface area contributed by atoms with Crippen molar-refractivity contribution < 1.29 is 0 Å². The normalized spacial score (nSPS) is 12.1. The molecule has 0 N–H and O–H groups in total. The highest BCUT2D eigenvalue weighted by atomic mass is 79.9. The quantitative estimate of drug-likeness (QED) is 0.423. The molecule has 0 radical (unpaired) electrons. The van der Waals surface area contributed by atoms with Crippen LogP contribution in [0.15, 0.2) is 74.4 Å². The fraction of sp³-hybridized carbons (Fsp3) is 0.0588. The number of halogens is 1. The van der Waals surface area contributed by atoms with E-state index in [9.17, 15) is 0 Å². The summed E-state index contributed by atoms with van der Waals surface area (Å²) in [5.74, 6) is 0. The summed E-state index contributed by atoms with van der Waals surface area (Å²) in [6, 6.07) is 12.3. The largest absolute Gasteiger partial charge is 0.253 e. The molecule has 3 aromatic rings. The van der Waals surface area contributed by atoms with Crippen LogP contribution in [0.4, 0.5) is 0 Å². The molecule has 0 spiro atoms. The second-order valence-electron chi connectivity index (χ2n) is 4.61. The first-order valence-electron chi connectivity index (χ1n) is 6.93. The van der Waals surface area contributed by atoms with E-state index in [4.69, 9.17) is 0 Å². The summed E-state index contributed by atoms with van der Waals surface area (Å²) in [6.45, 7) is 4.30. The average Bonchev–Trinajstić information content (AvgIpc) is 3.21. The summed E-state index contributed by atoms with van der Waals surface area (Å²) < 4.78 is 2.94. The highest BCUT2D eigenvalue weighted by Gasteiger charge is 2.07. The SMILES string of the molecule is C=CCN=c1scc(-c2ccc(Br)cc2)n1N=Cc1cccs1. The molecule has 0 bridgehead atoms. The number of thiophene rings is 1. The first-order chi connectivity index (χ1) is 11.3. The van der Waals surface area contributed by atoms with Gasteiger partial charge in [-0.2, -0.15) is 5.10 Å². The maximum absolute atomic E-state index is 4.63. The minimum Gasteiger partial charge on any atom is -0.253 e. The van der Waals surface area contributed by atoms with Gasteiger partial charge in [0.1, 0.15) is 0 Å². The highest BCUT2D eigenvalue weighted by Crippen LogP contribution is 2.22. The molecule has 6 heteroatoms. The zero-order chi connectivity index (χ0) is 16.1. The third-order valence-corrected chi connectivity index (χ3v) is 5.21. The van der Waals surface area contributed by atoms with Gasteiger partial charge in [0.25, 0.3) is 0 Å². The lowest BCUT2D eigenvalue weighted by atomic mass is 10.2. The van der Waals surface area contributed by atoms with Gasteiger partial charge in [0.05, 0.1) is 18.5 Å². The van der Waals surface area contributed by atoms with Gasteiger partial charge in [-0.25, -0.2) is 4.68 Å². The minimum atomic E-state index is 0.578. The number of nitrogens with zero attached hydrogens (tertiary/aromatic N) is 3. The van der Waals surface area contributed by atoms with Crippen molar-refractivity contribution in [1.29, 1.82) is 0 Å². The first-order valence-corrected chi connectivity index (χ1v) is 9.49. The highest BCUT2D eigenvalue weighted by molar-refractivity contribution is 9.10. The van der Waals surface area contributed by atoms with Crippen LogP contribution in [0, 0.1) is 0 Å². The summed E-state index contributed by atoms with van der Waals surface area (Å²) in [7, 11) is 0. The van der Waals surface area contributed by atoms with Crippen molar-refractivity contribution in [3.05, 3.63) is 74.0 Å².